The molecule has 1 aliphatic heterocycles. The van der Waals surface area contributed by atoms with Crippen LogP contribution in [0.15, 0.2) is 35.3 Å². The number of ether oxygens (including phenoxy) is 1. The number of hydrogen-bond acceptors (Lipinski definition) is 3. The maximum absolute atomic E-state index is 14.1. The molecule has 0 bridgehead atoms. The van der Waals surface area contributed by atoms with Crippen LogP contribution in [0.4, 0.5) is 22.0 Å². The van der Waals surface area contributed by atoms with Gasteiger partial charge in [0.05, 0.1) is 23.0 Å². The standard InChI is InChI=1S/C16H13F5O3S/c17-11-5-6-12(18)15-14(11)13(7-8-24-15)25(22,23)10-3-1-9(2-4-10)16(19,20)21/h1,3-6,9,13H,2,7-8H2. The summed E-state index contributed by atoms with van der Waals surface area (Å²) in [6.07, 6.45) is -2.49. The normalized spacial score (nSPS) is 23.6. The van der Waals surface area contributed by atoms with Crippen LogP contribution in [0.2, 0.25) is 0 Å². The van der Waals surface area contributed by atoms with Gasteiger partial charge < -0.3 is 4.74 Å². The van der Waals surface area contributed by atoms with E-state index in [0.717, 1.165) is 30.4 Å². The third kappa shape index (κ3) is 3.17. The minimum atomic E-state index is -4.47. The summed E-state index contributed by atoms with van der Waals surface area (Å²) in [4.78, 5) is -0.325. The number of sulfone groups is 1. The number of halogens is 5. The Kier molecular flexibility index (Phi) is 4.38. The quantitative estimate of drug-likeness (QED) is 0.722. The van der Waals surface area contributed by atoms with Gasteiger partial charge in [-0.1, -0.05) is 12.2 Å². The first-order valence-corrected chi connectivity index (χ1v) is 8.96. The lowest BCUT2D eigenvalue weighted by Crippen LogP contribution is -2.26. The Labute approximate surface area is 140 Å². The molecule has 1 aliphatic carbocycles. The highest BCUT2D eigenvalue weighted by atomic mass is 32.2. The second kappa shape index (κ2) is 6.12. The van der Waals surface area contributed by atoms with Crippen LogP contribution in [0, 0.1) is 17.6 Å². The van der Waals surface area contributed by atoms with Gasteiger partial charge in [0.1, 0.15) is 11.1 Å². The van der Waals surface area contributed by atoms with Gasteiger partial charge in [0.2, 0.25) is 0 Å². The van der Waals surface area contributed by atoms with Gasteiger partial charge >= 0.3 is 6.18 Å². The first kappa shape index (κ1) is 17.9. The average Bonchev–Trinajstić information content (AvgIpc) is 2.57. The minimum absolute atomic E-state index is 0.121. The van der Waals surface area contributed by atoms with Crippen molar-refractivity contribution in [2.45, 2.75) is 24.3 Å². The molecule has 0 saturated heterocycles. The van der Waals surface area contributed by atoms with Crippen LogP contribution in [-0.4, -0.2) is 21.2 Å². The zero-order valence-electron chi connectivity index (χ0n) is 12.7. The molecular formula is C16H13F5O3S. The molecule has 0 radical (unpaired) electrons. The summed E-state index contributed by atoms with van der Waals surface area (Å²) in [5.74, 6) is -4.05. The largest absolute Gasteiger partial charge is 0.490 e. The fourth-order valence-corrected chi connectivity index (χ4v) is 4.80. The molecule has 3 nitrogen and oxygen atoms in total. The lowest BCUT2D eigenvalue weighted by molar-refractivity contribution is -0.160. The summed E-state index contributed by atoms with van der Waals surface area (Å²) in [5, 5.41) is -1.41. The highest BCUT2D eigenvalue weighted by Crippen LogP contribution is 2.44. The molecule has 9 heteroatoms. The lowest BCUT2D eigenvalue weighted by atomic mass is 10.0. The van der Waals surface area contributed by atoms with Gasteiger partial charge in [-0.25, -0.2) is 17.2 Å². The van der Waals surface area contributed by atoms with Crippen molar-refractivity contribution >= 4 is 9.84 Å². The summed E-state index contributed by atoms with van der Waals surface area (Å²) in [5.41, 5.74) is -0.418. The van der Waals surface area contributed by atoms with Crippen LogP contribution in [-0.2, 0) is 9.84 Å². The average molecular weight is 380 g/mol. The molecule has 25 heavy (non-hydrogen) atoms. The summed E-state index contributed by atoms with van der Waals surface area (Å²) >= 11 is 0. The molecule has 0 spiro atoms. The molecule has 3 rings (SSSR count). The van der Waals surface area contributed by atoms with Crippen molar-refractivity contribution in [1.82, 2.24) is 0 Å². The van der Waals surface area contributed by atoms with E-state index in [1.807, 2.05) is 0 Å². The molecule has 0 N–H and O–H groups in total. The highest BCUT2D eigenvalue weighted by Gasteiger charge is 2.41. The zero-order valence-corrected chi connectivity index (χ0v) is 13.5. The maximum atomic E-state index is 14.1. The van der Waals surface area contributed by atoms with E-state index in [-0.39, 0.29) is 17.9 Å². The fourth-order valence-electron chi connectivity index (χ4n) is 2.94. The number of rotatable bonds is 2. The summed E-state index contributed by atoms with van der Waals surface area (Å²) in [6, 6.07) is 1.63. The molecule has 1 aromatic carbocycles. The van der Waals surface area contributed by atoms with E-state index in [1.54, 1.807) is 0 Å². The number of allylic oxidation sites excluding steroid dienone is 3. The Balaban J connectivity index is 1.98. The number of fused-ring (bicyclic) bond motifs is 1. The molecule has 0 fully saturated rings. The molecule has 2 unspecified atom stereocenters. The SMILES string of the molecule is O=S(=O)(C1=CCC(C(F)(F)F)C=C1)C1CCOc2c(F)ccc(F)c21. The molecule has 0 aromatic heterocycles. The van der Waals surface area contributed by atoms with E-state index >= 15 is 0 Å². The molecule has 1 aromatic rings. The topological polar surface area (TPSA) is 43.4 Å². The monoisotopic (exact) mass is 380 g/mol. The number of benzene rings is 1. The van der Waals surface area contributed by atoms with E-state index in [4.69, 9.17) is 4.74 Å². The van der Waals surface area contributed by atoms with Gasteiger partial charge in [0.15, 0.2) is 21.4 Å². The molecule has 2 aliphatic rings. The molecule has 0 saturated carbocycles. The second-order valence-electron chi connectivity index (χ2n) is 5.79. The predicted molar refractivity (Wildman–Crippen MR) is 79.5 cm³/mol. The Morgan fingerprint density at radius 1 is 1.12 bits per heavy atom. The van der Waals surface area contributed by atoms with E-state index in [2.05, 4.69) is 0 Å². The van der Waals surface area contributed by atoms with Crippen LogP contribution in [0.1, 0.15) is 23.7 Å². The first-order valence-electron chi connectivity index (χ1n) is 7.42. The van der Waals surface area contributed by atoms with E-state index in [0.29, 0.717) is 0 Å². The summed E-state index contributed by atoms with van der Waals surface area (Å²) in [7, 11) is -4.19. The molecule has 2 atom stereocenters. The number of hydrogen-bond donors (Lipinski definition) is 0. The Morgan fingerprint density at radius 3 is 2.40 bits per heavy atom. The summed E-state index contributed by atoms with van der Waals surface area (Å²) in [6.45, 7) is -0.139. The fraction of sp³-hybridized carbons (Fsp3) is 0.375. The van der Waals surface area contributed by atoms with Gasteiger partial charge in [-0.2, -0.15) is 13.2 Å². The third-order valence-corrected chi connectivity index (χ3v) is 6.41. The smallest absolute Gasteiger partial charge is 0.395 e. The second-order valence-corrected chi connectivity index (χ2v) is 7.92. The van der Waals surface area contributed by atoms with Gasteiger partial charge in [-0.15, -0.1) is 0 Å². The Bertz CT molecular complexity index is 855. The van der Waals surface area contributed by atoms with Gasteiger partial charge in [0.25, 0.3) is 0 Å². The van der Waals surface area contributed by atoms with E-state index in [1.165, 1.54) is 0 Å². The zero-order chi connectivity index (χ0) is 18.4. The Morgan fingerprint density at radius 2 is 1.80 bits per heavy atom. The summed E-state index contributed by atoms with van der Waals surface area (Å²) < 4.78 is 96.5. The Hall–Kier alpha value is -1.90. The van der Waals surface area contributed by atoms with Gasteiger partial charge in [-0.05, 0) is 24.6 Å². The minimum Gasteiger partial charge on any atom is -0.490 e. The maximum Gasteiger partial charge on any atom is 0.395 e. The van der Waals surface area contributed by atoms with Crippen molar-refractivity contribution in [3.8, 4) is 5.75 Å². The first-order chi connectivity index (χ1) is 11.6. The van der Waals surface area contributed by atoms with E-state index < -0.39 is 56.5 Å². The van der Waals surface area contributed by atoms with Crippen LogP contribution >= 0.6 is 0 Å². The van der Waals surface area contributed by atoms with Crippen molar-refractivity contribution < 1.29 is 35.1 Å². The van der Waals surface area contributed by atoms with Crippen molar-refractivity contribution in [2.75, 3.05) is 6.61 Å². The third-order valence-electron chi connectivity index (χ3n) is 4.23. The van der Waals surface area contributed by atoms with Crippen LogP contribution in [0.3, 0.4) is 0 Å². The van der Waals surface area contributed by atoms with E-state index in [9.17, 15) is 30.4 Å². The molecule has 0 amide bonds. The molecular weight excluding hydrogens is 367 g/mol. The van der Waals surface area contributed by atoms with Crippen LogP contribution in [0.25, 0.3) is 0 Å². The molecule has 136 valence electrons. The van der Waals surface area contributed by atoms with Crippen LogP contribution in [0.5, 0.6) is 5.75 Å². The lowest BCUT2D eigenvalue weighted by Gasteiger charge is -2.28. The highest BCUT2D eigenvalue weighted by molar-refractivity contribution is 7.95. The van der Waals surface area contributed by atoms with Crippen molar-refractivity contribution in [2.24, 2.45) is 5.92 Å². The number of alkyl halides is 3. The van der Waals surface area contributed by atoms with Crippen molar-refractivity contribution in [1.29, 1.82) is 0 Å². The van der Waals surface area contributed by atoms with Crippen LogP contribution < -0.4 is 4.74 Å². The van der Waals surface area contributed by atoms with Crippen molar-refractivity contribution in [3.63, 3.8) is 0 Å². The van der Waals surface area contributed by atoms with Gasteiger partial charge in [0, 0.05) is 6.42 Å². The molecule has 1 heterocycles. The predicted octanol–water partition coefficient (Wildman–Crippen LogP) is 4.23. The van der Waals surface area contributed by atoms with Crippen molar-refractivity contribution in [3.05, 3.63) is 52.5 Å². The van der Waals surface area contributed by atoms with Gasteiger partial charge in [-0.3, -0.25) is 0 Å².